The highest BCUT2D eigenvalue weighted by molar-refractivity contribution is 9.11. The van der Waals surface area contributed by atoms with Crippen LogP contribution in [-0.4, -0.2) is 23.7 Å². The molecule has 0 fully saturated rings. The summed E-state index contributed by atoms with van der Waals surface area (Å²) in [7, 11) is 0. The largest absolute Gasteiger partial charge is 0.491 e. The fourth-order valence-electron chi connectivity index (χ4n) is 2.84. The van der Waals surface area contributed by atoms with Gasteiger partial charge in [0.25, 0.3) is 11.6 Å². The highest BCUT2D eigenvalue weighted by atomic mass is 79.9. The van der Waals surface area contributed by atoms with Crippen LogP contribution in [0.25, 0.3) is 0 Å². The van der Waals surface area contributed by atoms with Gasteiger partial charge in [-0.25, -0.2) is 5.43 Å². The van der Waals surface area contributed by atoms with Gasteiger partial charge in [0.15, 0.2) is 0 Å². The average molecular weight is 555 g/mol. The van der Waals surface area contributed by atoms with Gasteiger partial charge >= 0.3 is 0 Å². The number of nitro benzene ring substituents is 1. The number of ether oxygens (including phenoxy) is 1. The van der Waals surface area contributed by atoms with E-state index >= 15 is 0 Å². The van der Waals surface area contributed by atoms with E-state index in [2.05, 4.69) is 49.3 Å². The molecule has 0 aromatic heterocycles. The predicted octanol–water partition coefficient (Wildman–Crippen LogP) is 6.62. The summed E-state index contributed by atoms with van der Waals surface area (Å²) in [5, 5.41) is 14.8. The van der Waals surface area contributed by atoms with Gasteiger partial charge in [0.2, 0.25) is 0 Å². The van der Waals surface area contributed by atoms with Crippen LogP contribution in [-0.2, 0) is 0 Å². The first-order chi connectivity index (χ1) is 14.9. The number of hydrazone groups is 1. The van der Waals surface area contributed by atoms with Crippen molar-refractivity contribution in [1.82, 2.24) is 5.43 Å². The maximum absolute atomic E-state index is 12.1. The van der Waals surface area contributed by atoms with Gasteiger partial charge in [-0.2, -0.15) is 5.10 Å². The van der Waals surface area contributed by atoms with Crippen molar-refractivity contribution in [3.63, 3.8) is 0 Å². The Hall–Kier alpha value is -2.26. The molecule has 2 aromatic carbocycles. The number of hydrogen-bond donors (Lipinski definition) is 1. The third kappa shape index (κ3) is 8.41. The summed E-state index contributed by atoms with van der Waals surface area (Å²) in [6, 6.07) is 9.14. The Bertz CT molecular complexity index is 912. The molecule has 0 bridgehead atoms. The Balaban J connectivity index is 1.89. The van der Waals surface area contributed by atoms with Crippen LogP contribution in [0.5, 0.6) is 5.75 Å². The lowest BCUT2D eigenvalue weighted by molar-refractivity contribution is -0.384. The molecule has 1 amide bonds. The van der Waals surface area contributed by atoms with Crippen LogP contribution < -0.4 is 10.2 Å². The summed E-state index contributed by atoms with van der Waals surface area (Å²) < 4.78 is 7.45. The SMILES string of the molecule is CCCCCCCCOc1c(Br)cc(/C=N/NC(=O)c2cccc([N+](=O)[O-])c2)cc1Br. The number of carbonyl (C=O) groups excluding carboxylic acids is 1. The molecule has 0 aliphatic carbocycles. The zero-order valence-corrected chi connectivity index (χ0v) is 20.4. The van der Waals surface area contributed by atoms with Crippen molar-refractivity contribution < 1.29 is 14.5 Å². The summed E-state index contributed by atoms with van der Waals surface area (Å²) in [5.41, 5.74) is 3.12. The van der Waals surface area contributed by atoms with Gasteiger partial charge in [-0.15, -0.1) is 0 Å². The molecule has 166 valence electrons. The Morgan fingerprint density at radius 1 is 1.13 bits per heavy atom. The highest BCUT2D eigenvalue weighted by Crippen LogP contribution is 2.34. The third-order valence-electron chi connectivity index (χ3n) is 4.46. The fraction of sp³-hybridized carbons (Fsp3) is 0.364. The molecule has 0 heterocycles. The number of rotatable bonds is 12. The lowest BCUT2D eigenvalue weighted by Gasteiger charge is -2.11. The molecular formula is C22H25Br2N3O4. The van der Waals surface area contributed by atoms with E-state index in [4.69, 9.17) is 4.74 Å². The minimum absolute atomic E-state index is 0.152. The Labute approximate surface area is 198 Å². The lowest BCUT2D eigenvalue weighted by atomic mass is 10.1. The number of nitrogens with one attached hydrogen (secondary N) is 1. The van der Waals surface area contributed by atoms with Crippen LogP contribution in [0, 0.1) is 10.1 Å². The number of nitrogens with zero attached hydrogens (tertiary/aromatic N) is 2. The van der Waals surface area contributed by atoms with Crippen molar-refractivity contribution >= 4 is 49.7 Å². The first-order valence-corrected chi connectivity index (χ1v) is 11.7. The summed E-state index contributed by atoms with van der Waals surface area (Å²) in [6.45, 7) is 2.85. The first kappa shape index (κ1) is 25.0. The summed E-state index contributed by atoms with van der Waals surface area (Å²) in [5.74, 6) is 0.198. The van der Waals surface area contributed by atoms with Crippen molar-refractivity contribution in [3.8, 4) is 5.75 Å². The third-order valence-corrected chi connectivity index (χ3v) is 5.64. The van der Waals surface area contributed by atoms with Crippen molar-refractivity contribution in [2.75, 3.05) is 6.61 Å². The van der Waals surface area contributed by atoms with Crippen LogP contribution in [0.4, 0.5) is 5.69 Å². The zero-order chi connectivity index (χ0) is 22.6. The van der Waals surface area contributed by atoms with Gasteiger partial charge in [0.05, 0.1) is 26.7 Å². The first-order valence-electron chi connectivity index (χ1n) is 10.1. The molecule has 7 nitrogen and oxygen atoms in total. The monoisotopic (exact) mass is 553 g/mol. The number of carbonyl (C=O) groups is 1. The van der Waals surface area contributed by atoms with Gasteiger partial charge in [-0.05, 0) is 62.0 Å². The second-order valence-corrected chi connectivity index (χ2v) is 8.65. The van der Waals surface area contributed by atoms with Crippen LogP contribution in [0.1, 0.15) is 61.4 Å². The molecule has 2 rings (SSSR count). The summed E-state index contributed by atoms with van der Waals surface area (Å²) >= 11 is 7.03. The van der Waals surface area contributed by atoms with Crippen molar-refractivity contribution in [2.45, 2.75) is 45.4 Å². The maximum atomic E-state index is 12.1. The molecule has 31 heavy (non-hydrogen) atoms. The Morgan fingerprint density at radius 3 is 2.48 bits per heavy atom. The van der Waals surface area contributed by atoms with Crippen molar-refractivity contribution in [3.05, 3.63) is 66.6 Å². The van der Waals surface area contributed by atoms with E-state index < -0.39 is 10.8 Å². The highest BCUT2D eigenvalue weighted by Gasteiger charge is 2.11. The number of halogens is 2. The van der Waals surface area contributed by atoms with Crippen LogP contribution in [0.15, 0.2) is 50.4 Å². The number of hydrogen-bond acceptors (Lipinski definition) is 5. The molecular weight excluding hydrogens is 530 g/mol. The van der Waals surface area contributed by atoms with E-state index in [1.165, 1.54) is 56.2 Å². The zero-order valence-electron chi connectivity index (χ0n) is 17.3. The van der Waals surface area contributed by atoms with Gasteiger partial charge in [0.1, 0.15) is 5.75 Å². The molecule has 2 aromatic rings. The number of benzene rings is 2. The van der Waals surface area contributed by atoms with Gasteiger partial charge < -0.3 is 4.74 Å². The topological polar surface area (TPSA) is 93.8 Å². The summed E-state index contributed by atoms with van der Waals surface area (Å²) in [4.78, 5) is 22.4. The van der Waals surface area contributed by atoms with E-state index in [1.807, 2.05) is 12.1 Å². The molecule has 0 saturated heterocycles. The van der Waals surface area contributed by atoms with Crippen LogP contribution in [0.3, 0.4) is 0 Å². The Kier molecular flexibility index (Phi) is 10.7. The number of nitro groups is 1. The van der Waals surface area contributed by atoms with E-state index in [-0.39, 0.29) is 11.3 Å². The molecule has 0 spiro atoms. The average Bonchev–Trinajstić information content (AvgIpc) is 2.74. The van der Waals surface area contributed by atoms with Crippen LogP contribution >= 0.6 is 31.9 Å². The molecule has 0 unspecified atom stereocenters. The molecule has 9 heteroatoms. The molecule has 0 radical (unpaired) electrons. The normalized spacial score (nSPS) is 10.9. The standard InChI is InChI=1S/C22H25Br2N3O4/c1-2-3-4-5-6-7-11-31-21-19(23)12-16(13-20(21)24)15-25-26-22(28)17-9-8-10-18(14-17)27(29)30/h8-10,12-15H,2-7,11H2,1H3,(H,26,28)/b25-15+. The smallest absolute Gasteiger partial charge is 0.271 e. The second-order valence-electron chi connectivity index (χ2n) is 6.94. The van der Waals surface area contributed by atoms with E-state index in [1.54, 1.807) is 0 Å². The maximum Gasteiger partial charge on any atom is 0.271 e. The van der Waals surface area contributed by atoms with E-state index in [0.29, 0.717) is 6.61 Å². The molecule has 1 N–H and O–H groups in total. The number of unbranched alkanes of at least 4 members (excludes halogenated alkanes) is 5. The lowest BCUT2D eigenvalue weighted by Crippen LogP contribution is -2.17. The minimum Gasteiger partial charge on any atom is -0.491 e. The fourth-order valence-corrected chi connectivity index (χ4v) is 4.29. The summed E-state index contributed by atoms with van der Waals surface area (Å²) in [6.07, 6.45) is 8.69. The predicted molar refractivity (Wildman–Crippen MR) is 129 cm³/mol. The minimum atomic E-state index is -0.550. The molecule has 0 saturated carbocycles. The van der Waals surface area contributed by atoms with Crippen molar-refractivity contribution in [1.29, 1.82) is 0 Å². The van der Waals surface area contributed by atoms with Gasteiger partial charge in [-0.1, -0.05) is 45.1 Å². The molecule has 0 aliphatic heterocycles. The molecule has 0 atom stereocenters. The van der Waals surface area contributed by atoms with E-state index in [9.17, 15) is 14.9 Å². The second kappa shape index (κ2) is 13.2. The quantitative estimate of drug-likeness (QED) is 0.138. The van der Waals surface area contributed by atoms with Crippen molar-refractivity contribution in [2.24, 2.45) is 5.10 Å². The van der Waals surface area contributed by atoms with Crippen LogP contribution in [0.2, 0.25) is 0 Å². The van der Waals surface area contributed by atoms with Gasteiger partial charge in [-0.3, -0.25) is 14.9 Å². The number of amides is 1. The molecule has 0 aliphatic rings. The van der Waals surface area contributed by atoms with E-state index in [0.717, 1.165) is 33.1 Å². The number of non-ortho nitro benzene ring substituents is 1. The Morgan fingerprint density at radius 2 is 1.81 bits per heavy atom. The van der Waals surface area contributed by atoms with Gasteiger partial charge in [0, 0.05) is 17.7 Å².